The van der Waals surface area contributed by atoms with E-state index < -0.39 is 0 Å². The fraction of sp³-hybridized carbons (Fsp3) is 0.0208. The van der Waals surface area contributed by atoms with Gasteiger partial charge in [-0.2, -0.15) is 0 Å². The lowest BCUT2D eigenvalue weighted by Crippen LogP contribution is -2.21. The first kappa shape index (κ1) is 31.1. The predicted molar refractivity (Wildman–Crippen MR) is 214 cm³/mol. The van der Waals surface area contributed by atoms with Gasteiger partial charge in [-0.15, -0.1) is 0 Å². The lowest BCUT2D eigenvalue weighted by atomic mass is 9.91. The first-order chi connectivity index (χ1) is 25.7. The highest BCUT2D eigenvalue weighted by molar-refractivity contribution is 6.17. The van der Waals surface area contributed by atoms with Crippen molar-refractivity contribution in [3.8, 4) is 55.6 Å². The molecule has 2 aromatic heterocycles. The van der Waals surface area contributed by atoms with Gasteiger partial charge >= 0.3 is 0 Å². The van der Waals surface area contributed by atoms with E-state index in [-0.39, 0.29) is 6.17 Å². The molecule has 52 heavy (non-hydrogen) atoms. The Kier molecular flexibility index (Phi) is 8.24. The van der Waals surface area contributed by atoms with Crippen molar-refractivity contribution in [1.29, 1.82) is 0 Å². The fourth-order valence-corrected chi connectivity index (χ4v) is 7.03. The number of pyridine rings is 2. The zero-order chi connectivity index (χ0) is 34.7. The van der Waals surface area contributed by atoms with Gasteiger partial charge in [0, 0.05) is 41.6 Å². The van der Waals surface area contributed by atoms with Crippen LogP contribution in [0.25, 0.3) is 55.6 Å². The van der Waals surface area contributed by atoms with E-state index in [1.165, 1.54) is 5.56 Å². The number of aliphatic imine (C=N–C) groups is 1. The van der Waals surface area contributed by atoms with E-state index in [4.69, 9.17) is 4.99 Å². The van der Waals surface area contributed by atoms with Crippen LogP contribution in [0.3, 0.4) is 0 Å². The average molecular weight is 667 g/mol. The minimum atomic E-state index is -0.320. The van der Waals surface area contributed by atoms with Gasteiger partial charge in [-0.05, 0) is 122 Å². The highest BCUT2D eigenvalue weighted by Gasteiger charge is 2.24. The van der Waals surface area contributed by atoms with Crippen molar-refractivity contribution in [2.45, 2.75) is 6.17 Å². The van der Waals surface area contributed by atoms with E-state index in [2.05, 4.69) is 185 Å². The Hall–Kier alpha value is -6.91. The molecule has 6 aromatic carbocycles. The molecule has 1 atom stereocenters. The van der Waals surface area contributed by atoms with Crippen molar-refractivity contribution in [1.82, 2.24) is 9.97 Å². The lowest BCUT2D eigenvalue weighted by molar-refractivity contribution is 0.829. The van der Waals surface area contributed by atoms with E-state index in [0.29, 0.717) is 0 Å². The summed E-state index contributed by atoms with van der Waals surface area (Å²) in [6, 6.07) is 60.3. The van der Waals surface area contributed by atoms with Crippen molar-refractivity contribution in [2.75, 3.05) is 5.32 Å². The van der Waals surface area contributed by atoms with Crippen LogP contribution in [0, 0.1) is 0 Å². The fourth-order valence-electron chi connectivity index (χ4n) is 7.03. The van der Waals surface area contributed by atoms with Gasteiger partial charge in [-0.25, -0.2) is 0 Å². The molecule has 0 saturated carbocycles. The van der Waals surface area contributed by atoms with Crippen LogP contribution < -0.4 is 5.32 Å². The van der Waals surface area contributed by atoms with Crippen molar-refractivity contribution in [2.24, 2.45) is 4.99 Å². The number of benzene rings is 6. The average Bonchev–Trinajstić information content (AvgIpc) is 3.24. The highest BCUT2D eigenvalue weighted by atomic mass is 15.1. The van der Waals surface area contributed by atoms with Gasteiger partial charge in [0.05, 0.1) is 5.71 Å². The van der Waals surface area contributed by atoms with Gasteiger partial charge in [0.2, 0.25) is 0 Å². The number of nitrogens with one attached hydrogen (secondary N) is 1. The molecular weight excluding hydrogens is 633 g/mol. The summed E-state index contributed by atoms with van der Waals surface area (Å²) in [5, 5.41) is 3.85. The molecule has 0 fully saturated rings. The van der Waals surface area contributed by atoms with Gasteiger partial charge < -0.3 is 5.32 Å². The van der Waals surface area contributed by atoms with E-state index in [1.54, 1.807) is 0 Å². The summed E-state index contributed by atoms with van der Waals surface area (Å²) in [7, 11) is 0. The molecule has 3 heterocycles. The molecule has 0 amide bonds. The number of anilines is 1. The number of hydrogen-bond donors (Lipinski definition) is 1. The van der Waals surface area contributed by atoms with E-state index >= 15 is 0 Å². The third kappa shape index (κ3) is 6.30. The molecule has 0 bridgehead atoms. The summed E-state index contributed by atoms with van der Waals surface area (Å²) in [5.74, 6) is 0. The van der Waals surface area contributed by atoms with Crippen LogP contribution in [0.2, 0.25) is 0 Å². The molecule has 4 nitrogen and oxygen atoms in total. The van der Waals surface area contributed by atoms with E-state index in [9.17, 15) is 0 Å². The molecular formula is C48H34N4. The maximum atomic E-state index is 5.46. The first-order valence-corrected chi connectivity index (χ1v) is 17.5. The quantitative estimate of drug-likeness (QED) is 0.184. The zero-order valence-corrected chi connectivity index (χ0v) is 28.4. The van der Waals surface area contributed by atoms with Gasteiger partial charge in [-0.3, -0.25) is 15.0 Å². The van der Waals surface area contributed by atoms with Crippen molar-refractivity contribution in [3.63, 3.8) is 0 Å². The summed E-state index contributed by atoms with van der Waals surface area (Å²) in [5.41, 5.74) is 16.7. The van der Waals surface area contributed by atoms with Gasteiger partial charge in [0.15, 0.2) is 0 Å². The van der Waals surface area contributed by atoms with Crippen LogP contribution in [0.1, 0.15) is 22.9 Å². The molecule has 1 unspecified atom stereocenters. The Labute approximate surface area is 303 Å². The van der Waals surface area contributed by atoms with Gasteiger partial charge in [-0.1, -0.05) is 109 Å². The Morgan fingerprint density at radius 2 is 0.788 bits per heavy atom. The third-order valence-corrected chi connectivity index (χ3v) is 9.67. The lowest BCUT2D eigenvalue weighted by Gasteiger charge is -2.28. The molecule has 246 valence electrons. The molecule has 1 aliphatic rings. The van der Waals surface area contributed by atoms with Crippen LogP contribution in [-0.2, 0) is 0 Å². The standard InChI is InChI=1S/C48H34N4/c1-3-9-33(10-4-1)41-17-18-45-46(32-41)51-48(52-47(45)36-11-5-2-6-12-36)44-30-42(39-15-7-13-37(27-39)34-19-23-49-24-20-34)29-43(31-44)40-16-8-14-38(28-40)35-21-25-50-26-22-35/h1-32,48,51H. The molecule has 0 spiro atoms. The van der Waals surface area contributed by atoms with Crippen LogP contribution in [-0.4, -0.2) is 15.7 Å². The Balaban J connectivity index is 1.21. The summed E-state index contributed by atoms with van der Waals surface area (Å²) in [4.78, 5) is 13.9. The van der Waals surface area contributed by atoms with E-state index in [0.717, 1.165) is 78.2 Å². The van der Waals surface area contributed by atoms with Crippen LogP contribution in [0.15, 0.2) is 200 Å². The minimum absolute atomic E-state index is 0.320. The number of hydrogen-bond acceptors (Lipinski definition) is 4. The van der Waals surface area contributed by atoms with Crippen molar-refractivity contribution < 1.29 is 0 Å². The Bertz CT molecular complexity index is 2430. The summed E-state index contributed by atoms with van der Waals surface area (Å²) in [6.45, 7) is 0. The topological polar surface area (TPSA) is 50.2 Å². The second-order valence-corrected chi connectivity index (χ2v) is 13.0. The molecule has 1 aliphatic heterocycles. The molecule has 0 radical (unpaired) electrons. The Morgan fingerprint density at radius 3 is 1.35 bits per heavy atom. The monoisotopic (exact) mass is 666 g/mol. The minimum Gasteiger partial charge on any atom is -0.359 e. The molecule has 0 aliphatic carbocycles. The number of fused-ring (bicyclic) bond motifs is 1. The van der Waals surface area contributed by atoms with Crippen molar-refractivity contribution in [3.05, 3.63) is 211 Å². The smallest absolute Gasteiger partial charge is 0.145 e. The number of nitrogens with zero attached hydrogens (tertiary/aromatic N) is 3. The molecule has 9 rings (SSSR count). The number of aromatic nitrogens is 2. The van der Waals surface area contributed by atoms with Crippen LogP contribution >= 0.6 is 0 Å². The summed E-state index contributed by atoms with van der Waals surface area (Å²) < 4.78 is 0. The second kappa shape index (κ2) is 13.8. The molecule has 4 heteroatoms. The van der Waals surface area contributed by atoms with Crippen LogP contribution in [0.5, 0.6) is 0 Å². The zero-order valence-electron chi connectivity index (χ0n) is 28.4. The van der Waals surface area contributed by atoms with Gasteiger partial charge in [0.1, 0.15) is 6.17 Å². The predicted octanol–water partition coefficient (Wildman–Crippen LogP) is 11.8. The second-order valence-electron chi connectivity index (χ2n) is 13.0. The summed E-state index contributed by atoms with van der Waals surface area (Å²) >= 11 is 0. The summed E-state index contributed by atoms with van der Waals surface area (Å²) in [6.07, 6.45) is 7.05. The highest BCUT2D eigenvalue weighted by Crippen LogP contribution is 2.39. The van der Waals surface area contributed by atoms with E-state index in [1.807, 2.05) is 24.8 Å². The SMILES string of the molecule is c1ccc(C2=NC(c3cc(-c4cccc(-c5ccncc5)c4)cc(-c4cccc(-c5ccncc5)c4)c3)Nc3cc(-c4ccccc4)ccc32)cc1. The van der Waals surface area contributed by atoms with Crippen molar-refractivity contribution >= 4 is 11.4 Å². The molecule has 8 aromatic rings. The third-order valence-electron chi connectivity index (χ3n) is 9.67. The Morgan fingerprint density at radius 1 is 0.346 bits per heavy atom. The molecule has 0 saturated heterocycles. The van der Waals surface area contributed by atoms with Gasteiger partial charge in [0.25, 0.3) is 0 Å². The maximum Gasteiger partial charge on any atom is 0.145 e. The first-order valence-electron chi connectivity index (χ1n) is 17.5. The maximum absolute atomic E-state index is 5.46. The van der Waals surface area contributed by atoms with Crippen LogP contribution in [0.4, 0.5) is 5.69 Å². The molecule has 1 N–H and O–H groups in total. The normalized spacial score (nSPS) is 13.5. The number of rotatable bonds is 7. The largest absolute Gasteiger partial charge is 0.359 e.